The molecule has 0 unspecified atom stereocenters. The fourth-order valence-corrected chi connectivity index (χ4v) is 5.40. The quantitative estimate of drug-likeness (QED) is 0.482. The van der Waals surface area contributed by atoms with E-state index in [4.69, 9.17) is 4.98 Å². The lowest BCUT2D eigenvalue weighted by Gasteiger charge is -2.32. The lowest BCUT2D eigenvalue weighted by atomic mass is 9.94. The molecule has 1 saturated carbocycles. The topological polar surface area (TPSA) is 52.6 Å². The van der Waals surface area contributed by atoms with Crippen LogP contribution in [0.15, 0.2) is 35.5 Å². The maximum Gasteiger partial charge on any atom is 0.253 e. The Morgan fingerprint density at radius 1 is 1.09 bits per heavy atom. The number of anilines is 1. The van der Waals surface area contributed by atoms with Gasteiger partial charge in [-0.05, 0) is 44.5 Å². The van der Waals surface area contributed by atoms with E-state index in [-0.39, 0.29) is 5.91 Å². The second kappa shape index (κ2) is 10.7. The largest absolute Gasteiger partial charge is 0.357 e. The Kier molecular flexibility index (Phi) is 7.68. The van der Waals surface area contributed by atoms with E-state index in [0.29, 0.717) is 6.04 Å². The van der Waals surface area contributed by atoms with E-state index in [0.717, 1.165) is 59.7 Å². The van der Waals surface area contributed by atoms with E-state index < -0.39 is 0 Å². The van der Waals surface area contributed by atoms with Crippen molar-refractivity contribution in [3.8, 4) is 0 Å². The first-order chi connectivity index (χ1) is 15.5. The minimum absolute atomic E-state index is 0.133. The van der Waals surface area contributed by atoms with Gasteiger partial charge in [-0.3, -0.25) is 4.79 Å². The van der Waals surface area contributed by atoms with Crippen molar-refractivity contribution in [2.75, 3.05) is 45.2 Å². The number of benzene rings is 1. The summed E-state index contributed by atoms with van der Waals surface area (Å²) in [5.74, 6) is 1.90. The Morgan fingerprint density at radius 2 is 1.84 bits per heavy atom. The van der Waals surface area contributed by atoms with E-state index in [2.05, 4.69) is 41.0 Å². The van der Waals surface area contributed by atoms with Crippen LogP contribution in [0.4, 0.5) is 5.82 Å². The minimum atomic E-state index is 0.133. The molecule has 2 heterocycles. The van der Waals surface area contributed by atoms with Crippen molar-refractivity contribution < 1.29 is 4.79 Å². The molecule has 1 saturated heterocycles. The summed E-state index contributed by atoms with van der Waals surface area (Å²) in [5, 5.41) is 0.804. The summed E-state index contributed by atoms with van der Waals surface area (Å²) in [6, 6.07) is 10.7. The zero-order chi connectivity index (χ0) is 22.5. The van der Waals surface area contributed by atoms with Crippen LogP contribution in [-0.2, 0) is 5.75 Å². The normalized spacial score (nSPS) is 18.0. The van der Waals surface area contributed by atoms with Crippen LogP contribution in [0.1, 0.15) is 53.7 Å². The zero-order valence-electron chi connectivity index (χ0n) is 19.6. The van der Waals surface area contributed by atoms with Crippen molar-refractivity contribution in [3.05, 3.63) is 47.2 Å². The maximum absolute atomic E-state index is 12.9. The second-order valence-electron chi connectivity index (χ2n) is 9.14. The number of piperazine rings is 1. The average molecular weight is 454 g/mol. The molecular weight excluding hydrogens is 418 g/mol. The molecule has 6 nitrogen and oxygen atoms in total. The molecule has 2 aromatic rings. The summed E-state index contributed by atoms with van der Waals surface area (Å²) in [6.07, 6.45) is 6.46. The molecule has 0 bridgehead atoms. The van der Waals surface area contributed by atoms with Gasteiger partial charge in [0, 0.05) is 62.3 Å². The van der Waals surface area contributed by atoms with E-state index in [1.165, 1.54) is 32.1 Å². The van der Waals surface area contributed by atoms with Gasteiger partial charge in [0.15, 0.2) is 5.16 Å². The highest BCUT2D eigenvalue weighted by atomic mass is 32.2. The van der Waals surface area contributed by atoms with E-state index >= 15 is 0 Å². The van der Waals surface area contributed by atoms with Crippen LogP contribution in [0.2, 0.25) is 0 Å². The highest BCUT2D eigenvalue weighted by Crippen LogP contribution is 2.28. The van der Waals surface area contributed by atoms with Crippen LogP contribution in [0, 0.1) is 6.92 Å². The van der Waals surface area contributed by atoms with Gasteiger partial charge in [-0.15, -0.1) is 0 Å². The van der Waals surface area contributed by atoms with Gasteiger partial charge in [0.2, 0.25) is 0 Å². The molecule has 4 rings (SSSR count). The number of carbonyl (C=O) groups is 1. The minimum Gasteiger partial charge on any atom is -0.357 e. The highest BCUT2D eigenvalue weighted by molar-refractivity contribution is 7.98. The zero-order valence-corrected chi connectivity index (χ0v) is 20.4. The van der Waals surface area contributed by atoms with Crippen molar-refractivity contribution in [1.82, 2.24) is 19.8 Å². The predicted octanol–water partition coefficient (Wildman–Crippen LogP) is 4.23. The number of hydrogen-bond acceptors (Lipinski definition) is 6. The number of aryl methyl sites for hydroxylation is 1. The molecule has 1 aliphatic carbocycles. The molecule has 2 fully saturated rings. The Bertz CT molecular complexity index is 922. The van der Waals surface area contributed by atoms with Gasteiger partial charge in [0.05, 0.1) is 0 Å². The first kappa shape index (κ1) is 23.1. The number of aromatic nitrogens is 2. The van der Waals surface area contributed by atoms with E-state index in [9.17, 15) is 4.79 Å². The van der Waals surface area contributed by atoms with Crippen LogP contribution >= 0.6 is 11.8 Å². The van der Waals surface area contributed by atoms with Gasteiger partial charge in [0.25, 0.3) is 5.91 Å². The molecule has 172 valence electrons. The molecule has 1 aliphatic heterocycles. The summed E-state index contributed by atoms with van der Waals surface area (Å²) in [4.78, 5) is 29.0. The lowest BCUT2D eigenvalue weighted by Crippen LogP contribution is -2.47. The third-order valence-corrected chi connectivity index (χ3v) is 7.55. The number of thioether (sulfide) groups is 1. The fraction of sp³-hybridized carbons (Fsp3) is 0.560. The maximum atomic E-state index is 12.9. The molecular formula is C25H35N5OS. The summed E-state index contributed by atoms with van der Waals surface area (Å²) < 4.78 is 0. The van der Waals surface area contributed by atoms with Gasteiger partial charge in [-0.1, -0.05) is 43.2 Å². The Labute approximate surface area is 196 Å². The molecule has 0 radical (unpaired) electrons. The first-order valence-electron chi connectivity index (χ1n) is 11.8. The summed E-state index contributed by atoms with van der Waals surface area (Å²) >= 11 is 1.64. The van der Waals surface area contributed by atoms with Crippen molar-refractivity contribution in [2.45, 2.75) is 56.0 Å². The molecule has 7 heteroatoms. The first-order valence-corrected chi connectivity index (χ1v) is 12.8. The van der Waals surface area contributed by atoms with Crippen molar-refractivity contribution in [3.63, 3.8) is 0 Å². The van der Waals surface area contributed by atoms with Crippen molar-refractivity contribution >= 4 is 23.5 Å². The van der Waals surface area contributed by atoms with Crippen molar-refractivity contribution in [2.24, 2.45) is 0 Å². The molecule has 1 amide bonds. The molecule has 0 atom stereocenters. The third kappa shape index (κ3) is 5.81. The molecule has 0 spiro atoms. The summed E-state index contributed by atoms with van der Waals surface area (Å²) in [6.45, 7) is 5.50. The van der Waals surface area contributed by atoms with Gasteiger partial charge < -0.3 is 14.7 Å². The van der Waals surface area contributed by atoms with E-state index in [1.54, 1.807) is 11.8 Å². The van der Waals surface area contributed by atoms with Gasteiger partial charge in [-0.2, -0.15) is 0 Å². The highest BCUT2D eigenvalue weighted by Gasteiger charge is 2.21. The predicted molar refractivity (Wildman–Crippen MR) is 131 cm³/mol. The third-order valence-electron chi connectivity index (χ3n) is 6.64. The smallest absolute Gasteiger partial charge is 0.253 e. The van der Waals surface area contributed by atoms with Crippen molar-refractivity contribution in [1.29, 1.82) is 0 Å². The Hall–Kier alpha value is -2.12. The van der Waals surface area contributed by atoms with Gasteiger partial charge in [-0.25, -0.2) is 9.97 Å². The SMILES string of the molecule is Cc1cc(N(C)C2CCCCC2)nc(SCc2cccc(C(=O)N3CCN(C)CC3)c2)n1. The molecule has 2 aliphatic rings. The van der Waals surface area contributed by atoms with Crippen LogP contribution < -0.4 is 4.90 Å². The number of nitrogens with zero attached hydrogens (tertiary/aromatic N) is 5. The van der Waals surface area contributed by atoms with Gasteiger partial charge in [0.1, 0.15) is 5.82 Å². The Morgan fingerprint density at radius 3 is 2.59 bits per heavy atom. The fourth-order valence-electron chi connectivity index (χ4n) is 4.56. The number of carbonyl (C=O) groups excluding carboxylic acids is 1. The standard InChI is InChI=1S/C25H35N5OS/c1-19-16-23(29(3)22-10-5-4-6-11-22)27-25(26-19)32-18-20-8-7-9-21(17-20)24(31)30-14-12-28(2)13-15-30/h7-9,16-17,22H,4-6,10-15,18H2,1-3H3. The molecule has 32 heavy (non-hydrogen) atoms. The summed E-state index contributed by atoms with van der Waals surface area (Å²) in [5.41, 5.74) is 2.90. The molecule has 0 N–H and O–H groups in total. The van der Waals surface area contributed by atoms with Crippen LogP contribution in [-0.4, -0.2) is 72.0 Å². The van der Waals surface area contributed by atoms with Crippen LogP contribution in [0.25, 0.3) is 0 Å². The second-order valence-corrected chi connectivity index (χ2v) is 10.1. The number of hydrogen-bond donors (Lipinski definition) is 0. The Balaban J connectivity index is 1.40. The van der Waals surface area contributed by atoms with Crippen LogP contribution in [0.5, 0.6) is 0 Å². The van der Waals surface area contributed by atoms with Crippen LogP contribution in [0.3, 0.4) is 0 Å². The lowest BCUT2D eigenvalue weighted by molar-refractivity contribution is 0.0664. The van der Waals surface area contributed by atoms with E-state index in [1.807, 2.05) is 30.0 Å². The number of amides is 1. The molecule has 1 aromatic heterocycles. The van der Waals surface area contributed by atoms with Gasteiger partial charge >= 0.3 is 0 Å². The monoisotopic (exact) mass is 453 g/mol. The number of rotatable bonds is 6. The number of likely N-dealkylation sites (N-methyl/N-ethyl adjacent to an activating group) is 1. The molecule has 1 aromatic carbocycles. The average Bonchev–Trinajstić information content (AvgIpc) is 2.83. The summed E-state index contributed by atoms with van der Waals surface area (Å²) in [7, 11) is 4.27.